The number of hydrogen-bond acceptors (Lipinski definition) is 2. The molecule has 5 heteroatoms. The van der Waals surface area contributed by atoms with Crippen LogP contribution in [0.4, 0.5) is 0 Å². The molecule has 0 bridgehead atoms. The summed E-state index contributed by atoms with van der Waals surface area (Å²) in [5.41, 5.74) is 7.92. The summed E-state index contributed by atoms with van der Waals surface area (Å²) in [4.78, 5) is 27.4. The van der Waals surface area contributed by atoms with Crippen LogP contribution in [0.25, 0.3) is 10.9 Å². The van der Waals surface area contributed by atoms with Crippen molar-refractivity contribution in [3.63, 3.8) is 0 Å². The van der Waals surface area contributed by atoms with E-state index in [2.05, 4.69) is 29.7 Å². The number of fused-ring (bicyclic) bond motifs is 1. The Balaban J connectivity index is 1.66. The van der Waals surface area contributed by atoms with Crippen molar-refractivity contribution in [1.82, 2.24) is 15.8 Å². The van der Waals surface area contributed by atoms with Gasteiger partial charge >= 0.3 is 0 Å². The van der Waals surface area contributed by atoms with Crippen molar-refractivity contribution < 1.29 is 9.59 Å². The third-order valence-electron chi connectivity index (χ3n) is 3.96. The first-order chi connectivity index (χ1) is 11.6. The fraction of sp³-hybridized carbons (Fsp3) is 0.158. The van der Waals surface area contributed by atoms with E-state index < -0.39 is 0 Å². The molecule has 24 heavy (non-hydrogen) atoms. The summed E-state index contributed by atoms with van der Waals surface area (Å²) < 4.78 is 0. The number of hydrazine groups is 1. The molecule has 0 spiro atoms. The van der Waals surface area contributed by atoms with Gasteiger partial charge in [0, 0.05) is 22.7 Å². The molecule has 3 rings (SSSR count). The van der Waals surface area contributed by atoms with Gasteiger partial charge in [0.1, 0.15) is 0 Å². The molecule has 0 aliphatic heterocycles. The van der Waals surface area contributed by atoms with Gasteiger partial charge in [-0.25, -0.2) is 0 Å². The minimum atomic E-state index is -0.361. The van der Waals surface area contributed by atoms with Crippen molar-refractivity contribution in [3.8, 4) is 0 Å². The van der Waals surface area contributed by atoms with E-state index in [1.807, 2.05) is 36.4 Å². The van der Waals surface area contributed by atoms with Crippen molar-refractivity contribution in [2.75, 3.05) is 0 Å². The Kier molecular flexibility index (Phi) is 4.33. The number of para-hydroxylation sites is 1. The lowest BCUT2D eigenvalue weighted by Crippen LogP contribution is -2.41. The number of rotatable bonds is 3. The molecule has 0 fully saturated rings. The van der Waals surface area contributed by atoms with E-state index >= 15 is 0 Å². The van der Waals surface area contributed by atoms with E-state index in [0.717, 1.165) is 16.5 Å². The average molecular weight is 321 g/mol. The van der Waals surface area contributed by atoms with Gasteiger partial charge in [0.25, 0.3) is 11.8 Å². The predicted octanol–water partition coefficient (Wildman–Crippen LogP) is 3.37. The smallest absolute Gasteiger partial charge is 0.271 e. The molecule has 5 nitrogen and oxygen atoms in total. The Morgan fingerprint density at radius 2 is 1.58 bits per heavy atom. The number of aromatic amines is 1. The first kappa shape index (κ1) is 15.8. The standard InChI is InChI=1S/C19H19N3O2/c1-12(2)13-7-9-14(10-8-13)18(23)21-22-19(24)16-11-20-17-6-4-3-5-15(16)17/h3-12,20H,1-2H3,(H,21,23)(H,22,24). The van der Waals surface area contributed by atoms with Gasteiger partial charge in [-0.1, -0.05) is 44.2 Å². The van der Waals surface area contributed by atoms with Gasteiger partial charge in [-0.2, -0.15) is 0 Å². The highest BCUT2D eigenvalue weighted by Gasteiger charge is 2.13. The van der Waals surface area contributed by atoms with Crippen molar-refractivity contribution in [2.45, 2.75) is 19.8 Å². The highest BCUT2D eigenvalue weighted by Crippen LogP contribution is 2.17. The number of nitrogens with one attached hydrogen (secondary N) is 3. The summed E-state index contributed by atoms with van der Waals surface area (Å²) in [6.45, 7) is 4.19. The summed E-state index contributed by atoms with van der Waals surface area (Å²) in [6, 6.07) is 14.8. The van der Waals surface area contributed by atoms with E-state index in [-0.39, 0.29) is 11.8 Å². The van der Waals surface area contributed by atoms with Crippen LogP contribution < -0.4 is 10.9 Å². The Morgan fingerprint density at radius 1 is 0.917 bits per heavy atom. The van der Waals surface area contributed by atoms with Crippen LogP contribution in [0.3, 0.4) is 0 Å². The summed E-state index contributed by atoms with van der Waals surface area (Å²) in [5.74, 6) is -0.304. The second-order valence-corrected chi connectivity index (χ2v) is 5.93. The van der Waals surface area contributed by atoms with Gasteiger partial charge in [0.2, 0.25) is 0 Å². The molecule has 122 valence electrons. The third kappa shape index (κ3) is 3.15. The maximum Gasteiger partial charge on any atom is 0.271 e. The highest BCUT2D eigenvalue weighted by atomic mass is 16.2. The lowest BCUT2D eigenvalue weighted by atomic mass is 10.0. The largest absolute Gasteiger partial charge is 0.360 e. The molecular formula is C19H19N3O2. The van der Waals surface area contributed by atoms with Crippen molar-refractivity contribution >= 4 is 22.7 Å². The summed E-state index contributed by atoms with van der Waals surface area (Å²) in [7, 11) is 0. The van der Waals surface area contributed by atoms with Crippen LogP contribution in [0.15, 0.2) is 54.7 Å². The summed E-state index contributed by atoms with van der Waals surface area (Å²) >= 11 is 0. The number of H-pyrrole nitrogens is 1. The van der Waals surface area contributed by atoms with Crippen LogP contribution in [0.2, 0.25) is 0 Å². The zero-order chi connectivity index (χ0) is 17.1. The number of carbonyl (C=O) groups excluding carboxylic acids is 2. The van der Waals surface area contributed by atoms with E-state index in [1.165, 1.54) is 0 Å². The Hall–Kier alpha value is -3.08. The van der Waals surface area contributed by atoms with Gasteiger partial charge in [-0.05, 0) is 29.7 Å². The molecule has 2 aromatic carbocycles. The second-order valence-electron chi connectivity index (χ2n) is 5.93. The third-order valence-corrected chi connectivity index (χ3v) is 3.96. The van der Waals surface area contributed by atoms with Crippen LogP contribution >= 0.6 is 0 Å². The Morgan fingerprint density at radius 3 is 2.29 bits per heavy atom. The highest BCUT2D eigenvalue weighted by molar-refractivity contribution is 6.07. The van der Waals surface area contributed by atoms with E-state index in [4.69, 9.17) is 0 Å². The molecule has 0 saturated carbocycles. The molecule has 3 N–H and O–H groups in total. The number of amides is 2. The summed E-state index contributed by atoms with van der Waals surface area (Å²) in [6.07, 6.45) is 1.63. The van der Waals surface area contributed by atoms with Crippen LogP contribution in [-0.4, -0.2) is 16.8 Å². The SMILES string of the molecule is CC(C)c1ccc(C(=O)NNC(=O)c2c[nH]c3ccccc23)cc1. The van der Waals surface area contributed by atoms with Crippen LogP contribution in [-0.2, 0) is 0 Å². The lowest BCUT2D eigenvalue weighted by Gasteiger charge is -2.09. The molecule has 0 saturated heterocycles. The zero-order valence-electron chi connectivity index (χ0n) is 13.6. The monoisotopic (exact) mass is 321 g/mol. The van der Waals surface area contributed by atoms with E-state index in [1.54, 1.807) is 18.3 Å². The predicted molar refractivity (Wildman–Crippen MR) is 93.8 cm³/mol. The maximum atomic E-state index is 12.3. The van der Waals surface area contributed by atoms with Crippen molar-refractivity contribution in [3.05, 3.63) is 71.4 Å². The molecule has 0 aliphatic carbocycles. The number of hydrogen-bond donors (Lipinski definition) is 3. The van der Waals surface area contributed by atoms with Gasteiger partial charge in [-0.15, -0.1) is 0 Å². The zero-order valence-corrected chi connectivity index (χ0v) is 13.6. The van der Waals surface area contributed by atoms with Crippen LogP contribution in [0.1, 0.15) is 46.0 Å². The summed E-state index contributed by atoms with van der Waals surface area (Å²) in [5, 5.41) is 0.811. The molecule has 2 amide bonds. The Labute approximate surface area is 140 Å². The molecule has 3 aromatic rings. The second kappa shape index (κ2) is 6.58. The normalized spacial score (nSPS) is 10.8. The number of benzene rings is 2. The average Bonchev–Trinajstić information content (AvgIpc) is 3.03. The number of carbonyl (C=O) groups is 2. The first-order valence-corrected chi connectivity index (χ1v) is 7.83. The fourth-order valence-electron chi connectivity index (χ4n) is 2.53. The van der Waals surface area contributed by atoms with E-state index in [9.17, 15) is 9.59 Å². The van der Waals surface area contributed by atoms with E-state index in [0.29, 0.717) is 17.0 Å². The maximum absolute atomic E-state index is 12.3. The molecule has 0 aliphatic rings. The lowest BCUT2D eigenvalue weighted by molar-refractivity contribution is 0.0847. The molecular weight excluding hydrogens is 302 g/mol. The van der Waals surface area contributed by atoms with Gasteiger partial charge < -0.3 is 4.98 Å². The molecule has 1 aromatic heterocycles. The molecule has 0 radical (unpaired) electrons. The molecule has 0 atom stereocenters. The topological polar surface area (TPSA) is 74.0 Å². The fourth-order valence-corrected chi connectivity index (χ4v) is 2.53. The van der Waals surface area contributed by atoms with Gasteiger partial charge in [-0.3, -0.25) is 20.4 Å². The molecule has 0 unspecified atom stereocenters. The number of aromatic nitrogens is 1. The van der Waals surface area contributed by atoms with Crippen LogP contribution in [0.5, 0.6) is 0 Å². The van der Waals surface area contributed by atoms with Crippen molar-refractivity contribution in [2.24, 2.45) is 0 Å². The minimum Gasteiger partial charge on any atom is -0.360 e. The van der Waals surface area contributed by atoms with Crippen LogP contribution in [0, 0.1) is 0 Å². The van der Waals surface area contributed by atoms with Gasteiger partial charge in [0.15, 0.2) is 0 Å². The quantitative estimate of drug-likeness (QED) is 0.647. The van der Waals surface area contributed by atoms with Crippen molar-refractivity contribution in [1.29, 1.82) is 0 Å². The minimum absolute atomic E-state index is 0.349. The Bertz CT molecular complexity index is 879. The molecule has 1 heterocycles. The first-order valence-electron chi connectivity index (χ1n) is 7.83. The van der Waals surface area contributed by atoms with Gasteiger partial charge in [0.05, 0.1) is 5.56 Å².